The summed E-state index contributed by atoms with van der Waals surface area (Å²) < 4.78 is 25.7. The monoisotopic (exact) mass is 390 g/mol. The predicted molar refractivity (Wildman–Crippen MR) is 107 cm³/mol. The van der Waals surface area contributed by atoms with Crippen molar-refractivity contribution in [3.63, 3.8) is 0 Å². The number of sulfone groups is 1. The second kappa shape index (κ2) is 6.84. The number of hydrogen-bond donors (Lipinski definition) is 0. The Morgan fingerprint density at radius 2 is 1.25 bits per heavy atom. The molecule has 0 radical (unpaired) electrons. The van der Waals surface area contributed by atoms with Gasteiger partial charge in [-0.3, -0.25) is 9.59 Å². The van der Waals surface area contributed by atoms with Gasteiger partial charge in [-0.15, -0.1) is 0 Å². The molecule has 0 amide bonds. The molecule has 0 bridgehead atoms. The largest absolute Gasteiger partial charge is 0.289 e. The molecule has 3 aromatic carbocycles. The van der Waals surface area contributed by atoms with Gasteiger partial charge in [0.25, 0.3) is 0 Å². The molecule has 28 heavy (non-hydrogen) atoms. The van der Waals surface area contributed by atoms with Gasteiger partial charge in [-0.2, -0.15) is 0 Å². The summed E-state index contributed by atoms with van der Waals surface area (Å²) in [5.74, 6) is -0.543. The fraction of sp³-hybridized carbons (Fsp3) is 0.130. The Morgan fingerprint density at radius 1 is 0.714 bits per heavy atom. The van der Waals surface area contributed by atoms with Crippen molar-refractivity contribution in [1.29, 1.82) is 0 Å². The van der Waals surface area contributed by atoms with Crippen LogP contribution in [0.25, 0.3) is 0 Å². The molecule has 0 aromatic heterocycles. The molecule has 0 saturated heterocycles. The molecule has 1 atom stereocenters. The molecule has 1 unspecified atom stereocenters. The van der Waals surface area contributed by atoms with E-state index in [1.54, 1.807) is 73.7 Å². The molecule has 5 heteroatoms. The van der Waals surface area contributed by atoms with Crippen LogP contribution in [-0.4, -0.2) is 20.0 Å². The Morgan fingerprint density at radius 3 is 1.89 bits per heavy atom. The van der Waals surface area contributed by atoms with Crippen LogP contribution in [0.5, 0.6) is 0 Å². The van der Waals surface area contributed by atoms with Crippen LogP contribution in [-0.2, 0) is 15.6 Å². The zero-order chi connectivity index (χ0) is 19.9. The second-order valence-electron chi connectivity index (χ2n) is 6.94. The highest BCUT2D eigenvalue weighted by Gasteiger charge is 2.31. The lowest BCUT2D eigenvalue weighted by molar-refractivity contribution is 0.0979. The maximum atomic E-state index is 12.9. The summed E-state index contributed by atoms with van der Waals surface area (Å²) in [5.41, 5.74) is 2.56. The van der Waals surface area contributed by atoms with Crippen molar-refractivity contribution < 1.29 is 18.0 Å². The molecule has 1 aliphatic carbocycles. The number of carbonyl (C=O) groups is 2. The van der Waals surface area contributed by atoms with Crippen molar-refractivity contribution in [2.45, 2.75) is 17.9 Å². The van der Waals surface area contributed by atoms with Crippen LogP contribution < -0.4 is 0 Å². The maximum Gasteiger partial charge on any atom is 0.194 e. The van der Waals surface area contributed by atoms with Crippen molar-refractivity contribution in [2.24, 2.45) is 0 Å². The van der Waals surface area contributed by atoms with Gasteiger partial charge in [-0.05, 0) is 30.2 Å². The number of rotatable bonds is 4. The van der Waals surface area contributed by atoms with Gasteiger partial charge in [0.05, 0.1) is 11.0 Å². The van der Waals surface area contributed by atoms with E-state index >= 15 is 0 Å². The first-order valence-electron chi connectivity index (χ1n) is 8.96. The standard InChI is InChI=1S/C23H18O4S/c1-15(28(26,27)14-16-7-3-2-4-8-16)17-11-12-20-21(13-17)23(25)19-10-6-5-9-18(19)22(20)24/h2-13,15H,14H2,1H3. The van der Waals surface area contributed by atoms with Crippen LogP contribution in [0.3, 0.4) is 0 Å². The Labute approximate surface area is 163 Å². The van der Waals surface area contributed by atoms with Gasteiger partial charge in [-0.1, -0.05) is 60.7 Å². The SMILES string of the molecule is CC(c1ccc2c(c1)C(=O)c1ccccc1C2=O)S(=O)(=O)Cc1ccccc1. The summed E-state index contributed by atoms with van der Waals surface area (Å²) >= 11 is 0. The molecule has 0 N–H and O–H groups in total. The second-order valence-corrected chi connectivity index (χ2v) is 9.27. The quantitative estimate of drug-likeness (QED) is 0.525. The van der Waals surface area contributed by atoms with Crippen molar-refractivity contribution in [3.05, 3.63) is 106 Å². The summed E-state index contributed by atoms with van der Waals surface area (Å²) in [6.45, 7) is 1.61. The molecule has 0 spiro atoms. The van der Waals surface area contributed by atoms with E-state index in [1.165, 1.54) is 0 Å². The lowest BCUT2D eigenvalue weighted by Crippen LogP contribution is -2.22. The average Bonchev–Trinajstić information content (AvgIpc) is 2.71. The van der Waals surface area contributed by atoms with E-state index in [1.807, 2.05) is 6.07 Å². The topological polar surface area (TPSA) is 68.3 Å². The summed E-state index contributed by atoms with van der Waals surface area (Å²) in [4.78, 5) is 25.6. The van der Waals surface area contributed by atoms with Gasteiger partial charge in [0.1, 0.15) is 0 Å². The van der Waals surface area contributed by atoms with Crippen molar-refractivity contribution in [1.82, 2.24) is 0 Å². The number of benzene rings is 3. The van der Waals surface area contributed by atoms with Crippen LogP contribution in [0.1, 0.15) is 55.1 Å². The minimum absolute atomic E-state index is 0.0815. The van der Waals surface area contributed by atoms with Crippen LogP contribution in [0.15, 0.2) is 72.8 Å². The Hall–Kier alpha value is -3.05. The number of carbonyl (C=O) groups excluding carboxylic acids is 2. The van der Waals surface area contributed by atoms with E-state index in [-0.39, 0.29) is 22.9 Å². The molecule has 0 aliphatic heterocycles. The minimum atomic E-state index is -3.48. The van der Waals surface area contributed by atoms with Gasteiger partial charge >= 0.3 is 0 Å². The molecule has 3 aromatic rings. The first-order valence-corrected chi connectivity index (χ1v) is 10.7. The van der Waals surface area contributed by atoms with E-state index < -0.39 is 15.1 Å². The highest BCUT2D eigenvalue weighted by atomic mass is 32.2. The number of ketones is 2. The fourth-order valence-corrected chi connectivity index (χ4v) is 4.98. The summed E-state index contributed by atoms with van der Waals surface area (Å²) in [6, 6.07) is 20.4. The van der Waals surface area contributed by atoms with Crippen LogP contribution in [0.4, 0.5) is 0 Å². The highest BCUT2D eigenvalue weighted by Crippen LogP contribution is 2.32. The van der Waals surface area contributed by atoms with Gasteiger partial charge in [0, 0.05) is 22.3 Å². The summed E-state index contributed by atoms with van der Waals surface area (Å²) in [6.07, 6.45) is 0. The van der Waals surface area contributed by atoms with Gasteiger partial charge in [0.15, 0.2) is 21.4 Å². The zero-order valence-corrected chi connectivity index (χ0v) is 16.1. The van der Waals surface area contributed by atoms with E-state index in [4.69, 9.17) is 0 Å². The molecule has 0 fully saturated rings. The van der Waals surface area contributed by atoms with Crippen LogP contribution in [0, 0.1) is 0 Å². The van der Waals surface area contributed by atoms with E-state index in [9.17, 15) is 18.0 Å². The molecular formula is C23H18O4S. The van der Waals surface area contributed by atoms with Gasteiger partial charge in [-0.25, -0.2) is 8.42 Å². The lowest BCUT2D eigenvalue weighted by atomic mass is 9.83. The molecule has 140 valence electrons. The van der Waals surface area contributed by atoms with Gasteiger partial charge < -0.3 is 0 Å². The minimum Gasteiger partial charge on any atom is -0.289 e. The van der Waals surface area contributed by atoms with Crippen molar-refractivity contribution >= 4 is 21.4 Å². The number of hydrogen-bond acceptors (Lipinski definition) is 4. The Kier molecular flexibility index (Phi) is 4.47. The first-order chi connectivity index (χ1) is 13.4. The van der Waals surface area contributed by atoms with Crippen molar-refractivity contribution in [2.75, 3.05) is 0 Å². The molecule has 4 rings (SSSR count). The van der Waals surface area contributed by atoms with E-state index in [0.717, 1.165) is 0 Å². The highest BCUT2D eigenvalue weighted by molar-refractivity contribution is 7.90. The predicted octanol–water partition coefficient (Wildman–Crippen LogP) is 4.14. The van der Waals surface area contributed by atoms with Crippen LogP contribution >= 0.6 is 0 Å². The lowest BCUT2D eigenvalue weighted by Gasteiger charge is -2.20. The van der Waals surface area contributed by atoms with Gasteiger partial charge in [0.2, 0.25) is 0 Å². The molecule has 1 aliphatic rings. The maximum absolute atomic E-state index is 12.9. The first kappa shape index (κ1) is 18.3. The average molecular weight is 390 g/mol. The number of fused-ring (bicyclic) bond motifs is 2. The van der Waals surface area contributed by atoms with E-state index in [2.05, 4.69) is 0 Å². The third kappa shape index (κ3) is 3.08. The van der Waals surface area contributed by atoms with Crippen LogP contribution in [0.2, 0.25) is 0 Å². The third-order valence-corrected chi connectivity index (χ3v) is 7.25. The molecule has 0 saturated carbocycles. The normalized spacial score (nSPS) is 14.3. The third-order valence-electron chi connectivity index (χ3n) is 5.17. The molecule has 4 nitrogen and oxygen atoms in total. The Bertz CT molecular complexity index is 1190. The zero-order valence-electron chi connectivity index (χ0n) is 15.3. The smallest absolute Gasteiger partial charge is 0.194 e. The molecular weight excluding hydrogens is 372 g/mol. The summed E-state index contributed by atoms with van der Waals surface area (Å²) in [7, 11) is -3.48. The summed E-state index contributed by atoms with van der Waals surface area (Å²) in [5, 5.41) is -0.793. The fourth-order valence-electron chi connectivity index (χ4n) is 3.51. The van der Waals surface area contributed by atoms with Crippen molar-refractivity contribution in [3.8, 4) is 0 Å². The van der Waals surface area contributed by atoms with E-state index in [0.29, 0.717) is 27.8 Å². The molecule has 0 heterocycles. The Balaban J connectivity index is 1.71.